The molecule has 14 heavy (non-hydrogen) atoms. The van der Waals surface area contributed by atoms with Crippen LogP contribution in [-0.4, -0.2) is 6.54 Å². The Bertz CT molecular complexity index is 205. The lowest BCUT2D eigenvalue weighted by molar-refractivity contribution is 0.133. The Hall–Kier alpha value is -0.460. The summed E-state index contributed by atoms with van der Waals surface area (Å²) in [6, 6.07) is 0. The monoisotopic (exact) mass is 195 g/mol. The standard InChI is InChI=1S/C13H25N/c1-10(2)14-9-12-6-11(3)7-13(4,5)8-12/h11-12,14H,1,6-9H2,2-5H3. The quantitative estimate of drug-likeness (QED) is 0.726. The number of nitrogens with one attached hydrogen (secondary N) is 1. The molecule has 1 heteroatoms. The van der Waals surface area contributed by atoms with Crippen LogP contribution in [0.25, 0.3) is 0 Å². The van der Waals surface area contributed by atoms with Gasteiger partial charge in [0.1, 0.15) is 0 Å². The Balaban J connectivity index is 2.42. The van der Waals surface area contributed by atoms with Crippen molar-refractivity contribution in [3.05, 3.63) is 12.3 Å². The molecule has 1 N–H and O–H groups in total. The third-order valence-corrected chi connectivity index (χ3v) is 3.17. The van der Waals surface area contributed by atoms with Crippen LogP contribution in [0.3, 0.4) is 0 Å². The van der Waals surface area contributed by atoms with Crippen molar-refractivity contribution in [2.75, 3.05) is 6.54 Å². The minimum absolute atomic E-state index is 0.541. The molecule has 1 rings (SSSR count). The van der Waals surface area contributed by atoms with E-state index in [1.165, 1.54) is 19.3 Å². The van der Waals surface area contributed by atoms with Crippen LogP contribution in [0.4, 0.5) is 0 Å². The van der Waals surface area contributed by atoms with Gasteiger partial charge < -0.3 is 5.32 Å². The molecule has 0 radical (unpaired) electrons. The molecule has 1 saturated carbocycles. The summed E-state index contributed by atoms with van der Waals surface area (Å²) in [5.74, 6) is 1.72. The van der Waals surface area contributed by atoms with E-state index >= 15 is 0 Å². The molecule has 0 heterocycles. The molecular weight excluding hydrogens is 170 g/mol. The highest BCUT2D eigenvalue weighted by atomic mass is 14.9. The van der Waals surface area contributed by atoms with Gasteiger partial charge in [0.25, 0.3) is 0 Å². The van der Waals surface area contributed by atoms with Crippen LogP contribution in [0.5, 0.6) is 0 Å². The molecule has 2 unspecified atom stereocenters. The fraction of sp³-hybridized carbons (Fsp3) is 0.846. The lowest BCUT2D eigenvalue weighted by Gasteiger charge is -2.39. The van der Waals surface area contributed by atoms with Crippen molar-refractivity contribution in [1.29, 1.82) is 0 Å². The Morgan fingerprint density at radius 2 is 2.07 bits per heavy atom. The molecule has 0 spiro atoms. The summed E-state index contributed by atoms with van der Waals surface area (Å²) in [6.07, 6.45) is 4.12. The van der Waals surface area contributed by atoms with Crippen molar-refractivity contribution in [1.82, 2.24) is 5.32 Å². The van der Waals surface area contributed by atoms with E-state index in [2.05, 4.69) is 32.7 Å². The molecule has 1 aliphatic rings. The maximum atomic E-state index is 3.88. The van der Waals surface area contributed by atoms with E-state index in [0.717, 1.165) is 24.1 Å². The van der Waals surface area contributed by atoms with E-state index in [-0.39, 0.29) is 0 Å². The Labute approximate surface area is 89.0 Å². The summed E-state index contributed by atoms with van der Waals surface area (Å²) in [5.41, 5.74) is 1.64. The zero-order chi connectivity index (χ0) is 10.8. The van der Waals surface area contributed by atoms with E-state index in [1.54, 1.807) is 0 Å². The average Bonchev–Trinajstić information content (AvgIpc) is 1.96. The van der Waals surface area contributed by atoms with Gasteiger partial charge in [0.15, 0.2) is 0 Å². The van der Waals surface area contributed by atoms with E-state index in [0.29, 0.717) is 5.41 Å². The highest BCUT2D eigenvalue weighted by Gasteiger charge is 2.31. The topological polar surface area (TPSA) is 12.0 Å². The highest BCUT2D eigenvalue weighted by Crippen LogP contribution is 2.41. The molecule has 82 valence electrons. The van der Waals surface area contributed by atoms with Crippen LogP contribution in [-0.2, 0) is 0 Å². The van der Waals surface area contributed by atoms with Gasteiger partial charge in [0.05, 0.1) is 0 Å². The van der Waals surface area contributed by atoms with Gasteiger partial charge in [-0.3, -0.25) is 0 Å². The predicted octanol–water partition coefficient (Wildman–Crippen LogP) is 3.57. The largest absolute Gasteiger partial charge is 0.389 e. The Kier molecular flexibility index (Phi) is 3.63. The molecule has 1 aliphatic carbocycles. The van der Waals surface area contributed by atoms with Gasteiger partial charge in [-0.05, 0) is 43.4 Å². The van der Waals surface area contributed by atoms with Gasteiger partial charge in [-0.2, -0.15) is 0 Å². The minimum Gasteiger partial charge on any atom is -0.389 e. The average molecular weight is 195 g/mol. The Morgan fingerprint density at radius 1 is 1.43 bits per heavy atom. The second-order valence-corrected chi connectivity index (χ2v) is 5.94. The van der Waals surface area contributed by atoms with Crippen molar-refractivity contribution in [2.45, 2.75) is 47.0 Å². The maximum absolute atomic E-state index is 3.88. The van der Waals surface area contributed by atoms with Crippen LogP contribution in [0.15, 0.2) is 12.3 Å². The van der Waals surface area contributed by atoms with Crippen molar-refractivity contribution in [3.8, 4) is 0 Å². The molecule has 0 aromatic carbocycles. The molecule has 0 aliphatic heterocycles. The SMILES string of the molecule is C=C(C)NCC1CC(C)CC(C)(C)C1. The molecule has 0 aromatic rings. The van der Waals surface area contributed by atoms with Crippen LogP contribution < -0.4 is 5.32 Å². The Morgan fingerprint density at radius 3 is 2.57 bits per heavy atom. The molecule has 1 fully saturated rings. The van der Waals surface area contributed by atoms with Gasteiger partial charge in [-0.25, -0.2) is 0 Å². The fourth-order valence-electron chi connectivity index (χ4n) is 3.02. The first-order valence-electron chi connectivity index (χ1n) is 5.78. The zero-order valence-electron chi connectivity index (χ0n) is 10.2. The van der Waals surface area contributed by atoms with E-state index in [4.69, 9.17) is 0 Å². The number of hydrogen-bond donors (Lipinski definition) is 1. The van der Waals surface area contributed by atoms with E-state index in [1.807, 2.05) is 6.92 Å². The number of allylic oxidation sites excluding steroid dienone is 1. The third kappa shape index (κ3) is 3.73. The molecule has 2 atom stereocenters. The minimum atomic E-state index is 0.541. The lowest BCUT2D eigenvalue weighted by Crippen LogP contribution is -2.33. The molecule has 0 saturated heterocycles. The number of hydrogen-bond acceptors (Lipinski definition) is 1. The highest BCUT2D eigenvalue weighted by molar-refractivity contribution is 4.89. The van der Waals surface area contributed by atoms with Crippen LogP contribution in [0, 0.1) is 17.3 Å². The van der Waals surface area contributed by atoms with Crippen LogP contribution in [0.1, 0.15) is 47.0 Å². The third-order valence-electron chi connectivity index (χ3n) is 3.17. The molecular formula is C13H25N. The predicted molar refractivity (Wildman–Crippen MR) is 63.1 cm³/mol. The maximum Gasteiger partial charge on any atom is 0.0172 e. The van der Waals surface area contributed by atoms with E-state index < -0.39 is 0 Å². The van der Waals surface area contributed by atoms with Gasteiger partial charge in [-0.1, -0.05) is 27.4 Å². The first kappa shape index (κ1) is 11.6. The zero-order valence-corrected chi connectivity index (χ0v) is 10.2. The van der Waals surface area contributed by atoms with E-state index in [9.17, 15) is 0 Å². The molecule has 1 nitrogen and oxygen atoms in total. The summed E-state index contributed by atoms with van der Waals surface area (Å²) >= 11 is 0. The van der Waals surface area contributed by atoms with Crippen LogP contribution >= 0.6 is 0 Å². The smallest absolute Gasteiger partial charge is 0.0172 e. The van der Waals surface area contributed by atoms with Crippen LogP contribution in [0.2, 0.25) is 0 Å². The van der Waals surface area contributed by atoms with Crippen molar-refractivity contribution >= 4 is 0 Å². The summed E-state index contributed by atoms with van der Waals surface area (Å²) in [7, 11) is 0. The van der Waals surface area contributed by atoms with Gasteiger partial charge in [0, 0.05) is 12.2 Å². The first-order valence-corrected chi connectivity index (χ1v) is 5.78. The normalized spacial score (nSPS) is 31.1. The van der Waals surface area contributed by atoms with Crippen molar-refractivity contribution in [3.63, 3.8) is 0 Å². The van der Waals surface area contributed by atoms with Crippen molar-refractivity contribution < 1.29 is 0 Å². The summed E-state index contributed by atoms with van der Waals surface area (Å²) in [5, 5.41) is 3.38. The molecule has 0 bridgehead atoms. The molecule has 0 amide bonds. The van der Waals surface area contributed by atoms with Gasteiger partial charge in [-0.15, -0.1) is 0 Å². The summed E-state index contributed by atoms with van der Waals surface area (Å²) in [4.78, 5) is 0. The second kappa shape index (κ2) is 4.37. The number of rotatable bonds is 3. The molecule has 0 aromatic heterocycles. The fourth-order valence-corrected chi connectivity index (χ4v) is 3.02. The summed E-state index contributed by atoms with van der Waals surface area (Å²) < 4.78 is 0. The second-order valence-electron chi connectivity index (χ2n) is 5.94. The van der Waals surface area contributed by atoms with Gasteiger partial charge >= 0.3 is 0 Å². The van der Waals surface area contributed by atoms with Gasteiger partial charge in [0.2, 0.25) is 0 Å². The lowest BCUT2D eigenvalue weighted by atomic mass is 9.68. The summed E-state index contributed by atoms with van der Waals surface area (Å²) in [6.45, 7) is 14.2. The first-order chi connectivity index (χ1) is 6.39. The van der Waals surface area contributed by atoms with Crippen molar-refractivity contribution in [2.24, 2.45) is 17.3 Å².